The summed E-state index contributed by atoms with van der Waals surface area (Å²) in [6, 6.07) is 13.6. The standard InChI is InChI=1S/C25H31FO3/c1-2-3-4-5-18-28-23-14-16-24(17-15-23)29-25(27)21-8-6-19(7-9-21)20-10-12-22(26)13-11-20/h6-13,23-24H,2-5,14-18H2,1H3/t23-,24-. The molecule has 2 aromatic rings. The van der Waals surface area contributed by atoms with Gasteiger partial charge in [0.25, 0.3) is 0 Å². The molecule has 0 bridgehead atoms. The van der Waals surface area contributed by atoms with Gasteiger partial charge in [-0.2, -0.15) is 0 Å². The zero-order valence-electron chi connectivity index (χ0n) is 17.2. The summed E-state index contributed by atoms with van der Waals surface area (Å²) in [6.45, 7) is 3.05. The van der Waals surface area contributed by atoms with E-state index < -0.39 is 0 Å². The predicted octanol–water partition coefficient (Wildman–Crippen LogP) is 6.56. The third kappa shape index (κ3) is 6.67. The molecule has 0 unspecified atom stereocenters. The Morgan fingerprint density at radius 1 is 0.862 bits per heavy atom. The number of carbonyl (C=O) groups is 1. The molecule has 1 aliphatic carbocycles. The lowest BCUT2D eigenvalue weighted by Gasteiger charge is -2.28. The molecule has 0 amide bonds. The smallest absolute Gasteiger partial charge is 0.338 e. The van der Waals surface area contributed by atoms with Crippen LogP contribution < -0.4 is 0 Å². The molecule has 1 fully saturated rings. The number of ether oxygens (including phenoxy) is 2. The summed E-state index contributed by atoms with van der Waals surface area (Å²) in [5, 5.41) is 0. The van der Waals surface area contributed by atoms with E-state index in [1.54, 1.807) is 24.3 Å². The lowest BCUT2D eigenvalue weighted by atomic mass is 9.95. The maximum Gasteiger partial charge on any atom is 0.338 e. The van der Waals surface area contributed by atoms with Crippen LogP contribution in [0.2, 0.25) is 0 Å². The summed E-state index contributed by atoms with van der Waals surface area (Å²) in [4.78, 5) is 12.5. The van der Waals surface area contributed by atoms with Crippen molar-refractivity contribution < 1.29 is 18.7 Å². The Hall–Kier alpha value is -2.20. The van der Waals surface area contributed by atoms with Crippen molar-refractivity contribution in [3.8, 4) is 11.1 Å². The number of hydrogen-bond acceptors (Lipinski definition) is 3. The van der Waals surface area contributed by atoms with E-state index in [-0.39, 0.29) is 17.9 Å². The molecule has 0 heterocycles. The number of carbonyl (C=O) groups excluding carboxylic acids is 1. The first-order valence-corrected chi connectivity index (χ1v) is 10.8. The molecule has 156 valence electrons. The van der Waals surface area contributed by atoms with Crippen molar-refractivity contribution in [3.05, 3.63) is 59.9 Å². The lowest BCUT2D eigenvalue weighted by Crippen LogP contribution is -2.28. The van der Waals surface area contributed by atoms with Crippen LogP contribution in [0.1, 0.15) is 68.6 Å². The van der Waals surface area contributed by atoms with Gasteiger partial charge in [0, 0.05) is 6.61 Å². The maximum atomic E-state index is 13.1. The van der Waals surface area contributed by atoms with Crippen LogP contribution in [0.15, 0.2) is 48.5 Å². The van der Waals surface area contributed by atoms with Gasteiger partial charge in [-0.1, -0.05) is 50.5 Å². The van der Waals surface area contributed by atoms with Crippen LogP contribution in [-0.2, 0) is 9.47 Å². The first-order valence-electron chi connectivity index (χ1n) is 10.8. The number of unbranched alkanes of at least 4 members (excludes halogenated alkanes) is 3. The Balaban J connectivity index is 1.42. The van der Waals surface area contributed by atoms with Crippen LogP contribution in [0.5, 0.6) is 0 Å². The van der Waals surface area contributed by atoms with Crippen LogP contribution in [0, 0.1) is 5.82 Å². The molecule has 0 spiro atoms. The average molecular weight is 399 g/mol. The summed E-state index contributed by atoms with van der Waals surface area (Å²) in [5.74, 6) is -0.537. The minimum Gasteiger partial charge on any atom is -0.459 e. The normalized spacial score (nSPS) is 19.1. The third-order valence-electron chi connectivity index (χ3n) is 5.54. The van der Waals surface area contributed by atoms with E-state index >= 15 is 0 Å². The van der Waals surface area contributed by atoms with Crippen molar-refractivity contribution in [3.63, 3.8) is 0 Å². The summed E-state index contributed by atoms with van der Waals surface area (Å²) in [7, 11) is 0. The summed E-state index contributed by atoms with van der Waals surface area (Å²) in [6.07, 6.45) is 8.80. The highest BCUT2D eigenvalue weighted by Crippen LogP contribution is 2.25. The largest absolute Gasteiger partial charge is 0.459 e. The van der Waals surface area contributed by atoms with Crippen molar-refractivity contribution in [2.24, 2.45) is 0 Å². The molecule has 1 saturated carbocycles. The molecule has 1 aliphatic rings. The molecule has 0 radical (unpaired) electrons. The van der Waals surface area contributed by atoms with Crippen molar-refractivity contribution in [2.75, 3.05) is 6.61 Å². The first kappa shape index (κ1) is 21.5. The van der Waals surface area contributed by atoms with Gasteiger partial charge >= 0.3 is 5.97 Å². The Bertz CT molecular complexity index is 747. The first-order chi connectivity index (χ1) is 14.2. The second-order valence-electron chi connectivity index (χ2n) is 7.82. The second-order valence-corrected chi connectivity index (χ2v) is 7.82. The highest BCUT2D eigenvalue weighted by atomic mass is 19.1. The average Bonchev–Trinajstić information content (AvgIpc) is 2.75. The fraction of sp³-hybridized carbons (Fsp3) is 0.480. The minimum atomic E-state index is -0.278. The lowest BCUT2D eigenvalue weighted by molar-refractivity contribution is -0.0204. The monoisotopic (exact) mass is 398 g/mol. The quantitative estimate of drug-likeness (QED) is 0.354. The zero-order chi connectivity index (χ0) is 20.5. The highest BCUT2D eigenvalue weighted by Gasteiger charge is 2.24. The summed E-state index contributed by atoms with van der Waals surface area (Å²) in [5.41, 5.74) is 2.41. The van der Waals surface area contributed by atoms with E-state index in [4.69, 9.17) is 9.47 Å². The maximum absolute atomic E-state index is 13.1. The molecule has 0 aliphatic heterocycles. The minimum absolute atomic E-state index is 0.0285. The van der Waals surface area contributed by atoms with Gasteiger partial charge in [0.1, 0.15) is 11.9 Å². The second kappa shape index (κ2) is 11.1. The van der Waals surface area contributed by atoms with Crippen LogP contribution >= 0.6 is 0 Å². The number of esters is 1. The van der Waals surface area contributed by atoms with Gasteiger partial charge in [0.15, 0.2) is 0 Å². The van der Waals surface area contributed by atoms with E-state index in [2.05, 4.69) is 6.92 Å². The summed E-state index contributed by atoms with van der Waals surface area (Å²) >= 11 is 0. The van der Waals surface area contributed by atoms with Gasteiger partial charge in [-0.3, -0.25) is 0 Å². The number of hydrogen-bond donors (Lipinski definition) is 0. The van der Waals surface area contributed by atoms with Gasteiger partial charge in [0.05, 0.1) is 11.7 Å². The molecule has 2 aromatic carbocycles. The fourth-order valence-corrected chi connectivity index (χ4v) is 3.76. The Morgan fingerprint density at radius 3 is 2.07 bits per heavy atom. The van der Waals surface area contributed by atoms with E-state index in [0.29, 0.717) is 11.7 Å². The molecular formula is C25H31FO3. The Kier molecular flexibility index (Phi) is 8.24. The number of rotatable bonds is 9. The fourth-order valence-electron chi connectivity index (χ4n) is 3.76. The van der Waals surface area contributed by atoms with E-state index in [0.717, 1.165) is 49.8 Å². The zero-order valence-corrected chi connectivity index (χ0v) is 17.2. The molecule has 0 aromatic heterocycles. The van der Waals surface area contributed by atoms with Crippen molar-refractivity contribution in [2.45, 2.75) is 70.5 Å². The van der Waals surface area contributed by atoms with Crippen molar-refractivity contribution >= 4 is 5.97 Å². The van der Waals surface area contributed by atoms with E-state index in [1.807, 2.05) is 12.1 Å². The molecule has 3 nitrogen and oxygen atoms in total. The van der Waals surface area contributed by atoms with Gasteiger partial charge in [-0.15, -0.1) is 0 Å². The molecule has 4 heteroatoms. The van der Waals surface area contributed by atoms with Crippen LogP contribution in [0.4, 0.5) is 4.39 Å². The molecule has 3 rings (SSSR count). The third-order valence-corrected chi connectivity index (χ3v) is 5.54. The van der Waals surface area contributed by atoms with Crippen LogP contribution in [-0.4, -0.2) is 24.8 Å². The SMILES string of the molecule is CCCCCCO[C@H]1CC[C@H](OC(=O)c2ccc(-c3ccc(F)cc3)cc2)CC1. The Labute approximate surface area is 173 Å². The van der Waals surface area contributed by atoms with Gasteiger partial charge in [-0.05, 0) is 67.5 Å². The van der Waals surface area contributed by atoms with Gasteiger partial charge in [-0.25, -0.2) is 9.18 Å². The molecule has 0 N–H and O–H groups in total. The molecule has 0 atom stereocenters. The van der Waals surface area contributed by atoms with Crippen LogP contribution in [0.25, 0.3) is 11.1 Å². The topological polar surface area (TPSA) is 35.5 Å². The predicted molar refractivity (Wildman–Crippen MR) is 113 cm³/mol. The molecule has 29 heavy (non-hydrogen) atoms. The van der Waals surface area contributed by atoms with E-state index in [9.17, 15) is 9.18 Å². The number of halogens is 1. The Morgan fingerprint density at radius 2 is 1.45 bits per heavy atom. The van der Waals surface area contributed by atoms with Gasteiger partial charge < -0.3 is 9.47 Å². The molecule has 0 saturated heterocycles. The summed E-state index contributed by atoms with van der Waals surface area (Å²) < 4.78 is 24.7. The molecular weight excluding hydrogens is 367 g/mol. The van der Waals surface area contributed by atoms with E-state index in [1.165, 1.54) is 31.4 Å². The van der Waals surface area contributed by atoms with Crippen LogP contribution in [0.3, 0.4) is 0 Å². The van der Waals surface area contributed by atoms with Crippen molar-refractivity contribution in [1.82, 2.24) is 0 Å². The highest BCUT2D eigenvalue weighted by molar-refractivity contribution is 5.90. The number of benzene rings is 2. The van der Waals surface area contributed by atoms with Gasteiger partial charge in [0.2, 0.25) is 0 Å². The van der Waals surface area contributed by atoms with Crippen molar-refractivity contribution in [1.29, 1.82) is 0 Å².